The summed E-state index contributed by atoms with van der Waals surface area (Å²) >= 11 is 0. The van der Waals surface area contributed by atoms with Crippen molar-refractivity contribution in [3.63, 3.8) is 0 Å². The predicted octanol–water partition coefficient (Wildman–Crippen LogP) is 2.20. The first-order valence-electron chi connectivity index (χ1n) is 5.86. The molecule has 1 heterocycles. The number of methoxy groups -OCH3 is 1. The number of ether oxygens (including phenoxy) is 1. The number of hydrogen-bond acceptors (Lipinski definition) is 3. The third-order valence-corrected chi connectivity index (χ3v) is 3.48. The van der Waals surface area contributed by atoms with Gasteiger partial charge in [0.1, 0.15) is 11.3 Å². The van der Waals surface area contributed by atoms with Gasteiger partial charge in [-0.05, 0) is 24.8 Å². The lowest BCUT2D eigenvalue weighted by molar-refractivity contribution is 0.410. The molecule has 0 radical (unpaired) electrons. The zero-order valence-electron chi connectivity index (χ0n) is 9.69. The molecule has 4 heteroatoms. The number of H-pyrrole nitrogens is 1. The smallest absolute Gasteiger partial charge is 0.345 e. The Hall–Kier alpha value is -1.84. The van der Waals surface area contributed by atoms with E-state index in [2.05, 4.69) is 9.97 Å². The van der Waals surface area contributed by atoms with E-state index in [0.717, 1.165) is 23.9 Å². The molecule has 3 rings (SSSR count). The average molecular weight is 230 g/mol. The monoisotopic (exact) mass is 230 g/mol. The van der Waals surface area contributed by atoms with Crippen molar-refractivity contribution in [2.45, 2.75) is 25.2 Å². The van der Waals surface area contributed by atoms with E-state index in [1.807, 2.05) is 18.2 Å². The first-order valence-corrected chi connectivity index (χ1v) is 5.86. The number of rotatable bonds is 2. The second kappa shape index (κ2) is 3.87. The van der Waals surface area contributed by atoms with E-state index in [0.29, 0.717) is 17.2 Å². The molecule has 0 unspecified atom stereocenters. The highest BCUT2D eigenvalue weighted by Crippen LogP contribution is 2.38. The molecule has 88 valence electrons. The lowest BCUT2D eigenvalue weighted by Crippen LogP contribution is -2.19. The van der Waals surface area contributed by atoms with Crippen molar-refractivity contribution in [2.24, 2.45) is 0 Å². The molecule has 0 bridgehead atoms. The summed E-state index contributed by atoms with van der Waals surface area (Å²) in [7, 11) is 1.60. The van der Waals surface area contributed by atoms with Crippen LogP contribution < -0.4 is 10.4 Å². The highest BCUT2D eigenvalue weighted by Gasteiger charge is 2.23. The Morgan fingerprint density at radius 1 is 1.41 bits per heavy atom. The number of aromatic nitrogens is 2. The number of aromatic amines is 1. The van der Waals surface area contributed by atoms with Crippen molar-refractivity contribution in [1.82, 2.24) is 9.97 Å². The van der Waals surface area contributed by atoms with Crippen molar-refractivity contribution in [3.05, 3.63) is 34.4 Å². The molecular weight excluding hydrogens is 216 g/mol. The van der Waals surface area contributed by atoms with E-state index in [9.17, 15) is 4.79 Å². The summed E-state index contributed by atoms with van der Waals surface area (Å²) in [4.78, 5) is 18.5. The first kappa shape index (κ1) is 10.3. The van der Waals surface area contributed by atoms with Crippen LogP contribution in [0.1, 0.15) is 30.9 Å². The van der Waals surface area contributed by atoms with Crippen LogP contribution in [0.2, 0.25) is 0 Å². The van der Waals surface area contributed by atoms with E-state index in [1.54, 1.807) is 7.11 Å². The van der Waals surface area contributed by atoms with Gasteiger partial charge in [0.15, 0.2) is 0 Å². The first-order chi connectivity index (χ1) is 8.29. The molecule has 1 aromatic heterocycles. The Bertz CT molecular complexity index is 614. The maximum Gasteiger partial charge on any atom is 0.345 e. The maximum absolute atomic E-state index is 11.6. The molecule has 1 aromatic carbocycles. The predicted molar refractivity (Wildman–Crippen MR) is 65.5 cm³/mol. The van der Waals surface area contributed by atoms with E-state index in [-0.39, 0.29) is 5.69 Å². The number of benzene rings is 1. The Morgan fingerprint density at radius 2 is 2.24 bits per heavy atom. The van der Waals surface area contributed by atoms with Crippen molar-refractivity contribution in [2.75, 3.05) is 7.11 Å². The van der Waals surface area contributed by atoms with Crippen molar-refractivity contribution in [3.8, 4) is 5.75 Å². The molecule has 0 aliphatic heterocycles. The fourth-order valence-corrected chi connectivity index (χ4v) is 2.35. The zero-order valence-corrected chi connectivity index (χ0v) is 9.69. The lowest BCUT2D eigenvalue weighted by atomic mass is 9.81. The summed E-state index contributed by atoms with van der Waals surface area (Å²) in [5, 5.41) is 1.01. The van der Waals surface area contributed by atoms with E-state index in [4.69, 9.17) is 4.74 Å². The van der Waals surface area contributed by atoms with Gasteiger partial charge in [-0.1, -0.05) is 18.6 Å². The van der Waals surface area contributed by atoms with E-state index >= 15 is 0 Å². The van der Waals surface area contributed by atoms with Gasteiger partial charge in [0, 0.05) is 11.1 Å². The largest absolute Gasteiger partial charge is 0.494 e. The number of hydrogen-bond donors (Lipinski definition) is 1. The molecule has 0 amide bonds. The molecule has 1 N–H and O–H groups in total. The van der Waals surface area contributed by atoms with Crippen LogP contribution in [0.25, 0.3) is 10.9 Å². The van der Waals surface area contributed by atoms with Crippen LogP contribution >= 0.6 is 0 Å². The van der Waals surface area contributed by atoms with Gasteiger partial charge in [0.05, 0.1) is 7.11 Å². The fraction of sp³-hybridized carbons (Fsp3) is 0.385. The van der Waals surface area contributed by atoms with E-state index < -0.39 is 0 Å². The van der Waals surface area contributed by atoms with Gasteiger partial charge < -0.3 is 9.72 Å². The van der Waals surface area contributed by atoms with Crippen LogP contribution in [0.15, 0.2) is 23.0 Å². The van der Waals surface area contributed by atoms with Gasteiger partial charge >= 0.3 is 5.69 Å². The van der Waals surface area contributed by atoms with Crippen LogP contribution in [-0.2, 0) is 0 Å². The van der Waals surface area contributed by atoms with Crippen LogP contribution in [-0.4, -0.2) is 17.1 Å². The molecule has 2 aromatic rings. The summed E-state index contributed by atoms with van der Waals surface area (Å²) in [6.45, 7) is 0. The third-order valence-electron chi connectivity index (χ3n) is 3.48. The standard InChI is InChI=1S/C13H14N2O2/c1-17-10-7-3-6-9-11(8-4-2-5-8)14-13(16)15-12(9)10/h3,6-8H,2,4-5H2,1H3,(H,14,15,16). The van der Waals surface area contributed by atoms with Gasteiger partial charge in [-0.2, -0.15) is 4.98 Å². The van der Waals surface area contributed by atoms with Crippen molar-refractivity contribution < 1.29 is 4.74 Å². The molecule has 1 saturated carbocycles. The minimum Gasteiger partial charge on any atom is -0.494 e. The molecule has 0 saturated heterocycles. The number of nitrogens with one attached hydrogen (secondary N) is 1. The maximum atomic E-state index is 11.6. The van der Waals surface area contributed by atoms with Gasteiger partial charge in [0.25, 0.3) is 0 Å². The highest BCUT2D eigenvalue weighted by atomic mass is 16.5. The summed E-state index contributed by atoms with van der Waals surface area (Å²) in [5.41, 5.74) is 1.40. The normalized spacial score (nSPS) is 15.8. The Balaban J connectivity index is 2.31. The molecule has 0 atom stereocenters. The average Bonchev–Trinajstić information content (AvgIpc) is 2.26. The van der Waals surface area contributed by atoms with Crippen LogP contribution in [0, 0.1) is 0 Å². The van der Waals surface area contributed by atoms with Gasteiger partial charge in [-0.25, -0.2) is 4.79 Å². The SMILES string of the molecule is COc1cccc2c(C3CCC3)[nH]c(=O)nc12. The molecular formula is C13H14N2O2. The van der Waals surface area contributed by atoms with Gasteiger partial charge in [0.2, 0.25) is 0 Å². The number of nitrogens with zero attached hydrogens (tertiary/aromatic N) is 1. The third kappa shape index (κ3) is 1.60. The lowest BCUT2D eigenvalue weighted by Gasteiger charge is -2.26. The Morgan fingerprint density at radius 3 is 2.88 bits per heavy atom. The molecule has 0 spiro atoms. The molecule has 17 heavy (non-hydrogen) atoms. The highest BCUT2D eigenvalue weighted by molar-refractivity contribution is 5.86. The summed E-state index contributed by atoms with van der Waals surface area (Å²) < 4.78 is 5.25. The Labute approximate surface area is 98.6 Å². The summed E-state index contributed by atoms with van der Waals surface area (Å²) in [6, 6.07) is 5.76. The van der Waals surface area contributed by atoms with Crippen molar-refractivity contribution in [1.29, 1.82) is 0 Å². The molecule has 4 nitrogen and oxygen atoms in total. The number of para-hydroxylation sites is 1. The quantitative estimate of drug-likeness (QED) is 0.860. The number of fused-ring (bicyclic) bond motifs is 1. The van der Waals surface area contributed by atoms with Crippen LogP contribution in [0.3, 0.4) is 0 Å². The topological polar surface area (TPSA) is 55.0 Å². The second-order valence-corrected chi connectivity index (χ2v) is 4.44. The molecule has 1 aliphatic carbocycles. The van der Waals surface area contributed by atoms with E-state index in [1.165, 1.54) is 6.42 Å². The summed E-state index contributed by atoms with van der Waals surface area (Å²) in [6.07, 6.45) is 3.53. The zero-order chi connectivity index (χ0) is 11.8. The van der Waals surface area contributed by atoms with Gasteiger partial charge in [-0.15, -0.1) is 0 Å². The fourth-order valence-electron chi connectivity index (χ4n) is 2.35. The molecule has 1 aliphatic rings. The minimum atomic E-state index is -0.288. The minimum absolute atomic E-state index is 0.288. The van der Waals surface area contributed by atoms with Crippen LogP contribution in [0.4, 0.5) is 0 Å². The Kier molecular flexibility index (Phi) is 2.35. The van der Waals surface area contributed by atoms with Crippen molar-refractivity contribution >= 4 is 10.9 Å². The van der Waals surface area contributed by atoms with Crippen LogP contribution in [0.5, 0.6) is 5.75 Å². The van der Waals surface area contributed by atoms with Gasteiger partial charge in [-0.3, -0.25) is 0 Å². The second-order valence-electron chi connectivity index (χ2n) is 4.44. The molecule has 1 fully saturated rings. The summed E-state index contributed by atoms with van der Waals surface area (Å²) in [5.74, 6) is 1.13.